The number of nitrogens with one attached hydrogen (secondary N) is 2. The topological polar surface area (TPSA) is 70.7 Å². The molecule has 1 aromatic carbocycles. The molecule has 2 N–H and O–H groups in total. The van der Waals surface area contributed by atoms with Crippen LogP contribution >= 0.6 is 22.9 Å². The second-order valence-corrected chi connectivity index (χ2v) is 6.50. The van der Waals surface area contributed by atoms with E-state index in [9.17, 15) is 4.79 Å². The van der Waals surface area contributed by atoms with Gasteiger partial charge in [0.05, 0.1) is 13.0 Å². The van der Waals surface area contributed by atoms with Gasteiger partial charge in [0.2, 0.25) is 5.91 Å². The Morgan fingerprint density at radius 2 is 2.09 bits per heavy atom. The number of H-pyrrole nitrogens is 1. The van der Waals surface area contributed by atoms with Gasteiger partial charge in [-0.05, 0) is 29.1 Å². The number of hydrogen-bond donors (Lipinski definition) is 2. The maximum absolute atomic E-state index is 11.9. The molecule has 0 bridgehead atoms. The minimum atomic E-state index is -0.0876. The molecule has 7 heteroatoms. The van der Waals surface area contributed by atoms with E-state index in [0.717, 1.165) is 16.3 Å². The summed E-state index contributed by atoms with van der Waals surface area (Å²) in [5.74, 6) is 1.14. The molecule has 2 heterocycles. The largest absolute Gasteiger partial charge is 0.351 e. The van der Waals surface area contributed by atoms with Crippen LogP contribution in [-0.4, -0.2) is 21.1 Å². The fourth-order valence-electron chi connectivity index (χ4n) is 2.09. The third-order valence-corrected chi connectivity index (χ3v) is 4.35. The van der Waals surface area contributed by atoms with E-state index in [1.54, 1.807) is 11.3 Å². The van der Waals surface area contributed by atoms with Gasteiger partial charge >= 0.3 is 0 Å². The van der Waals surface area contributed by atoms with E-state index in [2.05, 4.69) is 20.5 Å². The van der Waals surface area contributed by atoms with Crippen molar-refractivity contribution < 1.29 is 4.79 Å². The molecule has 0 unspecified atom stereocenters. The Bertz CT molecular complexity index is 768. The molecule has 23 heavy (non-hydrogen) atoms. The van der Waals surface area contributed by atoms with Gasteiger partial charge in [-0.15, -0.1) is 11.3 Å². The lowest BCUT2D eigenvalue weighted by Gasteiger charge is -2.01. The average molecular weight is 347 g/mol. The lowest BCUT2D eigenvalue weighted by atomic mass is 10.1. The maximum Gasteiger partial charge on any atom is 0.228 e. The first kappa shape index (κ1) is 15.7. The molecule has 0 saturated heterocycles. The monoisotopic (exact) mass is 346 g/mol. The Morgan fingerprint density at radius 1 is 1.26 bits per heavy atom. The molecule has 5 nitrogen and oxygen atoms in total. The van der Waals surface area contributed by atoms with Crippen LogP contribution in [0.4, 0.5) is 0 Å². The lowest BCUT2D eigenvalue weighted by molar-refractivity contribution is -0.120. The van der Waals surface area contributed by atoms with E-state index in [4.69, 9.17) is 11.6 Å². The summed E-state index contributed by atoms with van der Waals surface area (Å²) in [5.41, 5.74) is 1.08. The van der Waals surface area contributed by atoms with Crippen LogP contribution in [0, 0.1) is 0 Å². The Labute approximate surface area is 142 Å². The standard InChI is InChI=1S/C16H15ClN4OS/c17-12-5-3-11(4-6-12)8-14-19-15(21-20-14)9-16(22)18-10-13-2-1-7-23-13/h1-7H,8-10H2,(H,18,22)(H,19,20,21). The maximum atomic E-state index is 11.9. The average Bonchev–Trinajstić information content (AvgIpc) is 3.20. The highest BCUT2D eigenvalue weighted by molar-refractivity contribution is 7.09. The number of aromatic nitrogens is 3. The predicted molar refractivity (Wildman–Crippen MR) is 90.5 cm³/mol. The van der Waals surface area contributed by atoms with Crippen LogP contribution in [-0.2, 0) is 24.2 Å². The highest BCUT2D eigenvalue weighted by Crippen LogP contribution is 2.12. The minimum absolute atomic E-state index is 0.0876. The first-order chi connectivity index (χ1) is 11.2. The van der Waals surface area contributed by atoms with Crippen molar-refractivity contribution in [1.29, 1.82) is 0 Å². The number of aromatic amines is 1. The van der Waals surface area contributed by atoms with Crippen LogP contribution in [0.5, 0.6) is 0 Å². The van der Waals surface area contributed by atoms with E-state index < -0.39 is 0 Å². The summed E-state index contributed by atoms with van der Waals surface area (Å²) in [6, 6.07) is 11.5. The Kier molecular flexibility index (Phi) is 5.05. The number of amides is 1. The molecule has 0 aliphatic carbocycles. The van der Waals surface area contributed by atoms with Crippen LogP contribution in [0.25, 0.3) is 0 Å². The molecule has 0 atom stereocenters. The van der Waals surface area contributed by atoms with Crippen molar-refractivity contribution >= 4 is 28.8 Å². The molecule has 0 spiro atoms. The molecule has 0 saturated carbocycles. The third kappa shape index (κ3) is 4.64. The summed E-state index contributed by atoms with van der Waals surface area (Å²) in [7, 11) is 0. The zero-order valence-electron chi connectivity index (χ0n) is 12.3. The van der Waals surface area contributed by atoms with Crippen molar-refractivity contribution in [3.05, 3.63) is 68.9 Å². The minimum Gasteiger partial charge on any atom is -0.351 e. The summed E-state index contributed by atoms with van der Waals surface area (Å²) in [6.07, 6.45) is 0.795. The quantitative estimate of drug-likeness (QED) is 0.720. The normalized spacial score (nSPS) is 10.7. The van der Waals surface area contributed by atoms with E-state index in [1.807, 2.05) is 41.8 Å². The van der Waals surface area contributed by atoms with Gasteiger partial charge in [0.1, 0.15) is 5.82 Å². The first-order valence-electron chi connectivity index (χ1n) is 7.13. The van der Waals surface area contributed by atoms with E-state index in [0.29, 0.717) is 23.8 Å². The highest BCUT2D eigenvalue weighted by atomic mass is 35.5. The van der Waals surface area contributed by atoms with Crippen molar-refractivity contribution in [2.45, 2.75) is 19.4 Å². The Hall–Kier alpha value is -2.18. The number of halogens is 1. The van der Waals surface area contributed by atoms with Crippen molar-refractivity contribution in [2.24, 2.45) is 0 Å². The first-order valence-corrected chi connectivity index (χ1v) is 8.38. The SMILES string of the molecule is O=C(Cc1n[nH]c(Cc2ccc(Cl)cc2)n1)NCc1cccs1. The van der Waals surface area contributed by atoms with Crippen molar-refractivity contribution in [2.75, 3.05) is 0 Å². The van der Waals surface area contributed by atoms with Gasteiger partial charge in [-0.3, -0.25) is 9.89 Å². The second kappa shape index (κ2) is 7.39. The number of carbonyl (C=O) groups excluding carboxylic acids is 1. The van der Waals surface area contributed by atoms with Gasteiger partial charge in [-0.1, -0.05) is 29.8 Å². The van der Waals surface area contributed by atoms with E-state index in [-0.39, 0.29) is 12.3 Å². The summed E-state index contributed by atoms with van der Waals surface area (Å²) in [6.45, 7) is 0.540. The summed E-state index contributed by atoms with van der Waals surface area (Å²) in [4.78, 5) is 17.4. The fourth-order valence-corrected chi connectivity index (χ4v) is 2.86. The van der Waals surface area contributed by atoms with Crippen LogP contribution in [0.1, 0.15) is 22.1 Å². The van der Waals surface area contributed by atoms with Gasteiger partial charge < -0.3 is 5.32 Å². The lowest BCUT2D eigenvalue weighted by Crippen LogP contribution is -2.24. The second-order valence-electron chi connectivity index (χ2n) is 5.03. The number of carbonyl (C=O) groups is 1. The number of hydrogen-bond acceptors (Lipinski definition) is 4. The summed E-state index contributed by atoms with van der Waals surface area (Å²) < 4.78 is 0. The molecule has 1 amide bonds. The molecule has 118 valence electrons. The third-order valence-electron chi connectivity index (χ3n) is 3.22. The van der Waals surface area contributed by atoms with Crippen LogP contribution < -0.4 is 5.32 Å². The molecular weight excluding hydrogens is 332 g/mol. The molecule has 2 aromatic heterocycles. The molecule has 0 fully saturated rings. The van der Waals surface area contributed by atoms with Gasteiger partial charge in [0, 0.05) is 16.3 Å². The van der Waals surface area contributed by atoms with Gasteiger partial charge in [-0.25, -0.2) is 4.98 Å². The predicted octanol–water partition coefficient (Wildman–Crippen LogP) is 2.97. The molecule has 0 aliphatic rings. The zero-order valence-corrected chi connectivity index (χ0v) is 13.8. The van der Waals surface area contributed by atoms with Crippen LogP contribution in [0.2, 0.25) is 5.02 Å². The number of rotatable bonds is 6. The van der Waals surface area contributed by atoms with Crippen molar-refractivity contribution in [3.8, 4) is 0 Å². The summed E-state index contributed by atoms with van der Waals surface area (Å²) in [5, 5.41) is 12.5. The van der Waals surface area contributed by atoms with E-state index >= 15 is 0 Å². The Balaban J connectivity index is 1.52. The van der Waals surface area contributed by atoms with Crippen molar-refractivity contribution in [3.63, 3.8) is 0 Å². The van der Waals surface area contributed by atoms with Crippen LogP contribution in [0.3, 0.4) is 0 Å². The van der Waals surface area contributed by atoms with Gasteiger partial charge in [0.15, 0.2) is 5.82 Å². The molecule has 0 aliphatic heterocycles. The molecule has 0 radical (unpaired) electrons. The smallest absolute Gasteiger partial charge is 0.228 e. The van der Waals surface area contributed by atoms with Crippen LogP contribution in [0.15, 0.2) is 41.8 Å². The number of nitrogens with zero attached hydrogens (tertiary/aromatic N) is 2. The summed E-state index contributed by atoms with van der Waals surface area (Å²) >= 11 is 7.48. The zero-order chi connectivity index (χ0) is 16.1. The van der Waals surface area contributed by atoms with Gasteiger partial charge in [0.25, 0.3) is 0 Å². The van der Waals surface area contributed by atoms with Crippen molar-refractivity contribution in [1.82, 2.24) is 20.5 Å². The molecule has 3 aromatic rings. The molecular formula is C16H15ClN4OS. The van der Waals surface area contributed by atoms with E-state index in [1.165, 1.54) is 0 Å². The molecule has 3 rings (SSSR count). The van der Waals surface area contributed by atoms with Gasteiger partial charge in [-0.2, -0.15) is 5.10 Å². The number of benzene rings is 1. The fraction of sp³-hybridized carbons (Fsp3) is 0.188. The Morgan fingerprint density at radius 3 is 2.83 bits per heavy atom. The number of thiophene rings is 1. The highest BCUT2D eigenvalue weighted by Gasteiger charge is 2.09.